The summed E-state index contributed by atoms with van der Waals surface area (Å²) in [5.41, 5.74) is 1.60. The molecule has 0 bridgehead atoms. The molecule has 0 amide bonds. The van der Waals surface area contributed by atoms with Crippen molar-refractivity contribution >= 4 is 11.8 Å². The Balaban J connectivity index is 2.51. The predicted octanol–water partition coefficient (Wildman–Crippen LogP) is 2.43. The van der Waals surface area contributed by atoms with Crippen LogP contribution in [0.1, 0.15) is 19.8 Å². The molecule has 10 heavy (non-hydrogen) atoms. The zero-order chi connectivity index (χ0) is 7.40. The molecular formula is C8H14OS. The van der Waals surface area contributed by atoms with E-state index < -0.39 is 0 Å². The molecule has 1 heterocycles. The molecule has 1 nitrogen and oxygen atoms in total. The first kappa shape index (κ1) is 8.15. The van der Waals surface area contributed by atoms with Gasteiger partial charge in [-0.2, -0.15) is 0 Å². The Bertz CT molecular complexity index is 132. The van der Waals surface area contributed by atoms with Crippen LogP contribution in [0.2, 0.25) is 0 Å². The van der Waals surface area contributed by atoms with Crippen LogP contribution in [0.5, 0.6) is 0 Å². The van der Waals surface area contributed by atoms with E-state index in [1.807, 2.05) is 11.8 Å². The monoisotopic (exact) mass is 158 g/mol. The summed E-state index contributed by atoms with van der Waals surface area (Å²) in [6.45, 7) is 4.05. The van der Waals surface area contributed by atoms with Crippen molar-refractivity contribution in [2.24, 2.45) is 0 Å². The maximum atomic E-state index is 5.25. The van der Waals surface area contributed by atoms with Gasteiger partial charge < -0.3 is 4.74 Å². The van der Waals surface area contributed by atoms with Crippen molar-refractivity contribution in [2.45, 2.75) is 19.8 Å². The van der Waals surface area contributed by atoms with Gasteiger partial charge in [0, 0.05) is 0 Å². The zero-order valence-electron chi connectivity index (χ0n) is 6.64. The van der Waals surface area contributed by atoms with Crippen molar-refractivity contribution in [3.63, 3.8) is 0 Å². The van der Waals surface area contributed by atoms with E-state index in [2.05, 4.69) is 13.2 Å². The van der Waals surface area contributed by atoms with Crippen molar-refractivity contribution in [2.75, 3.05) is 19.5 Å². The standard InChI is InChI=1S/C8H14OS/c1-7(10-2)8-3-5-9-6-4-8/h3-6H2,1-2H3. The summed E-state index contributed by atoms with van der Waals surface area (Å²) in [4.78, 5) is 1.49. The molecule has 1 aliphatic rings. The Morgan fingerprint density at radius 2 is 2.00 bits per heavy atom. The average molecular weight is 158 g/mol. The van der Waals surface area contributed by atoms with Gasteiger partial charge in [0.15, 0.2) is 0 Å². The van der Waals surface area contributed by atoms with Crippen molar-refractivity contribution in [3.05, 3.63) is 10.5 Å². The van der Waals surface area contributed by atoms with Crippen LogP contribution in [-0.4, -0.2) is 19.5 Å². The number of thioether (sulfide) groups is 1. The Morgan fingerprint density at radius 1 is 1.40 bits per heavy atom. The highest BCUT2D eigenvalue weighted by atomic mass is 32.2. The highest BCUT2D eigenvalue weighted by Crippen LogP contribution is 2.23. The Kier molecular flexibility index (Phi) is 3.29. The van der Waals surface area contributed by atoms with Gasteiger partial charge in [-0.05, 0) is 30.9 Å². The van der Waals surface area contributed by atoms with Crippen LogP contribution in [0, 0.1) is 0 Å². The zero-order valence-corrected chi connectivity index (χ0v) is 7.46. The van der Waals surface area contributed by atoms with E-state index in [0.717, 1.165) is 26.1 Å². The second kappa shape index (κ2) is 4.04. The maximum absolute atomic E-state index is 5.25. The van der Waals surface area contributed by atoms with E-state index in [-0.39, 0.29) is 0 Å². The van der Waals surface area contributed by atoms with Crippen molar-refractivity contribution in [1.82, 2.24) is 0 Å². The van der Waals surface area contributed by atoms with E-state index in [1.54, 1.807) is 5.57 Å². The van der Waals surface area contributed by atoms with E-state index in [0.29, 0.717) is 0 Å². The second-order valence-corrected chi connectivity index (χ2v) is 3.50. The molecule has 0 spiro atoms. The average Bonchev–Trinajstić information content (AvgIpc) is 2.05. The van der Waals surface area contributed by atoms with Gasteiger partial charge in [0.05, 0.1) is 13.2 Å². The summed E-state index contributed by atoms with van der Waals surface area (Å²) in [5, 5.41) is 0. The van der Waals surface area contributed by atoms with Gasteiger partial charge >= 0.3 is 0 Å². The third-order valence-electron chi connectivity index (χ3n) is 1.90. The maximum Gasteiger partial charge on any atom is 0.0503 e. The highest BCUT2D eigenvalue weighted by molar-refractivity contribution is 8.02. The molecule has 2 heteroatoms. The van der Waals surface area contributed by atoms with E-state index in [4.69, 9.17) is 4.74 Å². The Morgan fingerprint density at radius 3 is 2.50 bits per heavy atom. The van der Waals surface area contributed by atoms with E-state index >= 15 is 0 Å². The lowest BCUT2D eigenvalue weighted by Gasteiger charge is -2.16. The molecule has 1 saturated heterocycles. The van der Waals surface area contributed by atoms with Crippen molar-refractivity contribution in [1.29, 1.82) is 0 Å². The van der Waals surface area contributed by atoms with Crippen molar-refractivity contribution < 1.29 is 4.74 Å². The van der Waals surface area contributed by atoms with Crippen LogP contribution >= 0.6 is 11.8 Å². The quantitative estimate of drug-likeness (QED) is 0.579. The smallest absolute Gasteiger partial charge is 0.0503 e. The highest BCUT2D eigenvalue weighted by Gasteiger charge is 2.07. The summed E-state index contributed by atoms with van der Waals surface area (Å²) in [5.74, 6) is 0. The molecule has 0 aromatic heterocycles. The fourth-order valence-electron chi connectivity index (χ4n) is 1.11. The predicted molar refractivity (Wildman–Crippen MR) is 46.3 cm³/mol. The van der Waals surface area contributed by atoms with Gasteiger partial charge in [0.1, 0.15) is 0 Å². The summed E-state index contributed by atoms with van der Waals surface area (Å²) in [6.07, 6.45) is 4.43. The molecule has 1 rings (SSSR count). The van der Waals surface area contributed by atoms with Crippen LogP contribution < -0.4 is 0 Å². The number of hydrogen-bond acceptors (Lipinski definition) is 2. The molecule has 1 aliphatic heterocycles. The lowest BCUT2D eigenvalue weighted by molar-refractivity contribution is 0.119. The summed E-state index contributed by atoms with van der Waals surface area (Å²) in [6, 6.07) is 0. The van der Waals surface area contributed by atoms with Gasteiger partial charge in [0.2, 0.25) is 0 Å². The summed E-state index contributed by atoms with van der Waals surface area (Å²) >= 11 is 1.86. The minimum atomic E-state index is 0.924. The minimum absolute atomic E-state index is 0.924. The topological polar surface area (TPSA) is 9.23 Å². The van der Waals surface area contributed by atoms with Crippen LogP contribution in [-0.2, 0) is 4.74 Å². The molecule has 58 valence electrons. The molecule has 0 aliphatic carbocycles. The normalized spacial score (nSPS) is 19.2. The first-order valence-corrected chi connectivity index (χ1v) is 4.87. The Hall–Kier alpha value is 0.0500. The van der Waals surface area contributed by atoms with Crippen LogP contribution in [0.15, 0.2) is 10.5 Å². The van der Waals surface area contributed by atoms with Gasteiger partial charge in [0.25, 0.3) is 0 Å². The SMILES string of the molecule is CSC(C)=C1CCOCC1. The molecule has 0 saturated carbocycles. The number of allylic oxidation sites excluding steroid dienone is 1. The van der Waals surface area contributed by atoms with Gasteiger partial charge in [-0.25, -0.2) is 0 Å². The molecule has 0 atom stereocenters. The van der Waals surface area contributed by atoms with Gasteiger partial charge in [-0.1, -0.05) is 5.57 Å². The number of hydrogen-bond donors (Lipinski definition) is 0. The van der Waals surface area contributed by atoms with Gasteiger partial charge in [-0.3, -0.25) is 0 Å². The minimum Gasteiger partial charge on any atom is -0.381 e. The summed E-state index contributed by atoms with van der Waals surface area (Å²) < 4.78 is 5.25. The van der Waals surface area contributed by atoms with Gasteiger partial charge in [-0.15, -0.1) is 11.8 Å². The molecule has 0 unspecified atom stereocenters. The number of rotatable bonds is 1. The second-order valence-electron chi connectivity index (χ2n) is 2.48. The molecule has 0 radical (unpaired) electrons. The Labute approximate surface area is 66.8 Å². The lowest BCUT2D eigenvalue weighted by Crippen LogP contribution is -2.07. The molecule has 0 aromatic carbocycles. The fourth-order valence-corrected chi connectivity index (χ4v) is 1.61. The van der Waals surface area contributed by atoms with Crippen molar-refractivity contribution in [3.8, 4) is 0 Å². The van der Waals surface area contributed by atoms with E-state index in [1.165, 1.54) is 4.91 Å². The van der Waals surface area contributed by atoms with Crippen LogP contribution in [0.25, 0.3) is 0 Å². The first-order chi connectivity index (χ1) is 4.84. The molecular weight excluding hydrogens is 144 g/mol. The third kappa shape index (κ3) is 2.03. The fraction of sp³-hybridized carbons (Fsp3) is 0.750. The van der Waals surface area contributed by atoms with Crippen LogP contribution in [0.3, 0.4) is 0 Å². The largest absolute Gasteiger partial charge is 0.381 e. The molecule has 0 aromatic rings. The lowest BCUT2D eigenvalue weighted by atomic mass is 10.1. The number of ether oxygens (including phenoxy) is 1. The third-order valence-corrected chi connectivity index (χ3v) is 2.80. The molecule has 0 N–H and O–H groups in total. The van der Waals surface area contributed by atoms with E-state index in [9.17, 15) is 0 Å². The van der Waals surface area contributed by atoms with Crippen LogP contribution in [0.4, 0.5) is 0 Å². The first-order valence-electron chi connectivity index (χ1n) is 3.65. The summed E-state index contributed by atoms with van der Waals surface area (Å²) in [7, 11) is 0. The molecule has 1 fully saturated rings.